The SMILES string of the molecule is Cc1ccc(C2=C(N(C)CCO)C(=O)N(c3ccc(OCC(C)C)cc3)C2=O)cc1C. The lowest BCUT2D eigenvalue weighted by Gasteiger charge is -2.20. The van der Waals surface area contributed by atoms with Crippen LogP contribution in [0.1, 0.15) is 30.5 Å². The van der Waals surface area contributed by atoms with Crippen LogP contribution < -0.4 is 9.64 Å². The molecular formula is C25H30N2O4. The van der Waals surface area contributed by atoms with E-state index in [2.05, 4.69) is 13.8 Å². The first-order valence-corrected chi connectivity index (χ1v) is 10.5. The van der Waals surface area contributed by atoms with Crippen molar-refractivity contribution in [1.82, 2.24) is 4.90 Å². The lowest BCUT2D eigenvalue weighted by Crippen LogP contribution is -2.34. The lowest BCUT2D eigenvalue weighted by atomic mass is 9.99. The van der Waals surface area contributed by atoms with Gasteiger partial charge in [-0.3, -0.25) is 9.59 Å². The molecule has 3 rings (SSSR count). The first-order valence-electron chi connectivity index (χ1n) is 10.5. The van der Waals surface area contributed by atoms with E-state index in [-0.39, 0.29) is 19.1 Å². The minimum Gasteiger partial charge on any atom is -0.493 e. The molecule has 6 heteroatoms. The highest BCUT2D eigenvalue weighted by Crippen LogP contribution is 2.35. The maximum Gasteiger partial charge on any atom is 0.282 e. The zero-order chi connectivity index (χ0) is 22.7. The van der Waals surface area contributed by atoms with Gasteiger partial charge in [-0.1, -0.05) is 32.0 Å². The van der Waals surface area contributed by atoms with Gasteiger partial charge in [0.15, 0.2) is 0 Å². The van der Waals surface area contributed by atoms with E-state index in [1.165, 1.54) is 4.90 Å². The predicted molar refractivity (Wildman–Crippen MR) is 122 cm³/mol. The van der Waals surface area contributed by atoms with Gasteiger partial charge in [0.1, 0.15) is 11.4 Å². The molecule has 0 aliphatic carbocycles. The molecular weight excluding hydrogens is 392 g/mol. The number of amides is 2. The van der Waals surface area contributed by atoms with E-state index < -0.39 is 5.91 Å². The van der Waals surface area contributed by atoms with Crippen molar-refractivity contribution in [2.24, 2.45) is 5.92 Å². The average molecular weight is 423 g/mol. The second kappa shape index (κ2) is 9.35. The summed E-state index contributed by atoms with van der Waals surface area (Å²) in [5, 5.41) is 9.40. The van der Waals surface area contributed by atoms with E-state index >= 15 is 0 Å². The highest BCUT2D eigenvalue weighted by molar-refractivity contribution is 6.45. The smallest absolute Gasteiger partial charge is 0.282 e. The molecule has 2 aromatic carbocycles. The number of benzene rings is 2. The molecule has 1 aliphatic rings. The Balaban J connectivity index is 1.99. The largest absolute Gasteiger partial charge is 0.493 e. The molecule has 1 aliphatic heterocycles. The van der Waals surface area contributed by atoms with Crippen LogP contribution >= 0.6 is 0 Å². The molecule has 0 saturated carbocycles. The van der Waals surface area contributed by atoms with Crippen LogP contribution in [0.15, 0.2) is 48.2 Å². The van der Waals surface area contributed by atoms with Crippen molar-refractivity contribution < 1.29 is 19.4 Å². The zero-order valence-electron chi connectivity index (χ0n) is 18.8. The van der Waals surface area contributed by atoms with Gasteiger partial charge in [0.25, 0.3) is 11.8 Å². The summed E-state index contributed by atoms with van der Waals surface area (Å²) in [4.78, 5) is 29.7. The van der Waals surface area contributed by atoms with Crippen molar-refractivity contribution >= 4 is 23.1 Å². The van der Waals surface area contributed by atoms with Crippen LogP contribution in [0.4, 0.5) is 5.69 Å². The number of nitrogens with zero attached hydrogens (tertiary/aromatic N) is 2. The number of rotatable bonds is 8. The Morgan fingerprint density at radius 1 is 1.00 bits per heavy atom. The molecule has 0 saturated heterocycles. The van der Waals surface area contributed by atoms with Crippen LogP contribution in [0.3, 0.4) is 0 Å². The van der Waals surface area contributed by atoms with Crippen LogP contribution in [0.2, 0.25) is 0 Å². The highest BCUT2D eigenvalue weighted by atomic mass is 16.5. The fourth-order valence-electron chi connectivity index (χ4n) is 3.48. The molecule has 2 amide bonds. The standard InChI is InChI=1S/C25H30N2O4/c1-16(2)15-31-21-10-8-20(9-11-21)27-24(29)22(19-7-6-17(3)18(4)14-19)23(25(27)30)26(5)12-13-28/h6-11,14,16,28H,12-13,15H2,1-5H3. The number of imide groups is 1. The van der Waals surface area contributed by atoms with Gasteiger partial charge in [-0.2, -0.15) is 0 Å². The average Bonchev–Trinajstić information content (AvgIpc) is 2.99. The fraction of sp³-hybridized carbons (Fsp3) is 0.360. The van der Waals surface area contributed by atoms with Crippen molar-refractivity contribution in [3.05, 3.63) is 64.9 Å². The number of aliphatic hydroxyl groups excluding tert-OH is 1. The van der Waals surface area contributed by atoms with Gasteiger partial charge in [-0.15, -0.1) is 0 Å². The van der Waals surface area contributed by atoms with E-state index in [1.807, 2.05) is 32.0 Å². The molecule has 0 atom stereocenters. The molecule has 0 aromatic heterocycles. The molecule has 0 radical (unpaired) electrons. The lowest BCUT2D eigenvalue weighted by molar-refractivity contribution is -0.120. The number of aryl methyl sites for hydroxylation is 2. The normalized spacial score (nSPS) is 14.1. The summed E-state index contributed by atoms with van der Waals surface area (Å²) in [6, 6.07) is 12.7. The third-order valence-electron chi connectivity index (χ3n) is 5.35. The number of anilines is 1. The number of ether oxygens (including phenoxy) is 1. The topological polar surface area (TPSA) is 70.1 Å². The van der Waals surface area contributed by atoms with Gasteiger partial charge >= 0.3 is 0 Å². The number of carbonyl (C=O) groups is 2. The minimum absolute atomic E-state index is 0.121. The summed E-state index contributed by atoms with van der Waals surface area (Å²) in [6.07, 6.45) is 0. The summed E-state index contributed by atoms with van der Waals surface area (Å²) >= 11 is 0. The number of aliphatic hydroxyl groups is 1. The first-order chi connectivity index (χ1) is 14.7. The van der Waals surface area contributed by atoms with E-state index in [1.54, 1.807) is 36.2 Å². The van der Waals surface area contributed by atoms with E-state index in [0.717, 1.165) is 11.1 Å². The van der Waals surface area contributed by atoms with Crippen LogP contribution in [0.25, 0.3) is 5.57 Å². The maximum absolute atomic E-state index is 13.5. The van der Waals surface area contributed by atoms with Gasteiger partial charge < -0.3 is 14.7 Å². The van der Waals surface area contributed by atoms with Gasteiger partial charge in [-0.25, -0.2) is 4.90 Å². The molecule has 1 heterocycles. The molecule has 0 fully saturated rings. The van der Waals surface area contributed by atoms with E-state index in [0.29, 0.717) is 40.8 Å². The van der Waals surface area contributed by atoms with Crippen molar-refractivity contribution in [1.29, 1.82) is 0 Å². The van der Waals surface area contributed by atoms with Crippen molar-refractivity contribution in [3.63, 3.8) is 0 Å². The first kappa shape index (κ1) is 22.6. The molecule has 0 bridgehead atoms. The second-order valence-corrected chi connectivity index (χ2v) is 8.31. The Morgan fingerprint density at radius 3 is 2.26 bits per heavy atom. The van der Waals surface area contributed by atoms with Crippen LogP contribution in [0.5, 0.6) is 5.75 Å². The Morgan fingerprint density at radius 2 is 1.68 bits per heavy atom. The minimum atomic E-state index is -0.398. The van der Waals surface area contributed by atoms with Crippen molar-refractivity contribution in [2.45, 2.75) is 27.7 Å². The third kappa shape index (κ3) is 4.64. The maximum atomic E-state index is 13.5. The van der Waals surface area contributed by atoms with Gasteiger partial charge in [-0.05, 0) is 60.7 Å². The Kier molecular flexibility index (Phi) is 6.81. The van der Waals surface area contributed by atoms with Crippen LogP contribution in [-0.4, -0.2) is 48.6 Å². The molecule has 6 nitrogen and oxygen atoms in total. The summed E-state index contributed by atoms with van der Waals surface area (Å²) in [5.74, 6) is 0.321. The molecule has 0 unspecified atom stereocenters. The highest BCUT2D eigenvalue weighted by Gasteiger charge is 2.41. The summed E-state index contributed by atoms with van der Waals surface area (Å²) in [7, 11) is 1.71. The number of hydrogen-bond donors (Lipinski definition) is 1. The van der Waals surface area contributed by atoms with Crippen LogP contribution in [-0.2, 0) is 9.59 Å². The molecule has 31 heavy (non-hydrogen) atoms. The van der Waals surface area contributed by atoms with Gasteiger partial charge in [0.05, 0.1) is 24.5 Å². The molecule has 1 N–H and O–H groups in total. The van der Waals surface area contributed by atoms with Gasteiger partial charge in [0.2, 0.25) is 0 Å². The second-order valence-electron chi connectivity index (χ2n) is 8.31. The van der Waals surface area contributed by atoms with Crippen molar-refractivity contribution in [2.75, 3.05) is 31.7 Å². The Hall–Kier alpha value is -3.12. The van der Waals surface area contributed by atoms with E-state index in [4.69, 9.17) is 4.74 Å². The predicted octanol–water partition coefficient (Wildman–Crippen LogP) is 3.55. The van der Waals surface area contributed by atoms with Gasteiger partial charge in [0, 0.05) is 13.6 Å². The number of carbonyl (C=O) groups excluding carboxylic acids is 2. The van der Waals surface area contributed by atoms with Crippen molar-refractivity contribution in [3.8, 4) is 5.75 Å². The Bertz CT molecular complexity index is 1010. The van der Waals surface area contributed by atoms with Crippen LogP contribution in [0, 0.1) is 19.8 Å². The molecule has 164 valence electrons. The Labute approximate surface area is 183 Å². The summed E-state index contributed by atoms with van der Waals surface area (Å²) < 4.78 is 5.71. The molecule has 0 spiro atoms. The zero-order valence-corrected chi connectivity index (χ0v) is 18.8. The third-order valence-corrected chi connectivity index (χ3v) is 5.35. The number of likely N-dealkylation sites (N-methyl/N-ethyl adjacent to an activating group) is 1. The van der Waals surface area contributed by atoms with E-state index in [9.17, 15) is 14.7 Å². The monoisotopic (exact) mass is 422 g/mol. The summed E-state index contributed by atoms with van der Waals surface area (Å²) in [6.45, 7) is 8.84. The fourth-order valence-corrected chi connectivity index (χ4v) is 3.48. The quantitative estimate of drug-likeness (QED) is 0.659. The summed E-state index contributed by atoms with van der Waals surface area (Å²) in [5.41, 5.74) is 3.98. The molecule has 2 aromatic rings. The number of hydrogen-bond acceptors (Lipinski definition) is 5.